The highest BCUT2D eigenvalue weighted by atomic mass is 16.3. The first kappa shape index (κ1) is 17.2. The van der Waals surface area contributed by atoms with E-state index in [2.05, 4.69) is 0 Å². The molecule has 23 heavy (non-hydrogen) atoms. The third-order valence-corrected chi connectivity index (χ3v) is 3.71. The normalized spacial score (nSPS) is 12.0. The van der Waals surface area contributed by atoms with E-state index < -0.39 is 6.10 Å². The topological polar surface area (TPSA) is 60.8 Å². The van der Waals surface area contributed by atoms with E-state index in [1.165, 1.54) is 0 Å². The average molecular weight is 313 g/mol. The smallest absolute Gasteiger partial charge is 0.253 e. The molecule has 2 N–H and O–H groups in total. The monoisotopic (exact) mass is 313 g/mol. The standard InChI is InChI=1S/C19H23NO3/c1-3-20(12-14(2)22)19(23)18-9-5-8-17(11-18)16-7-4-6-15(10-16)13-21/h4-11,14,21-22H,3,12-13H2,1-2H3. The second-order valence-electron chi connectivity index (χ2n) is 5.63. The van der Waals surface area contributed by atoms with Crippen LogP contribution in [0, 0.1) is 0 Å². The number of carbonyl (C=O) groups excluding carboxylic acids is 1. The summed E-state index contributed by atoms with van der Waals surface area (Å²) in [6, 6.07) is 15.0. The van der Waals surface area contributed by atoms with Gasteiger partial charge in [0, 0.05) is 18.7 Å². The summed E-state index contributed by atoms with van der Waals surface area (Å²) in [6.07, 6.45) is -0.552. The fourth-order valence-corrected chi connectivity index (χ4v) is 2.54. The van der Waals surface area contributed by atoms with Crippen LogP contribution in [0.3, 0.4) is 0 Å². The van der Waals surface area contributed by atoms with Crippen LogP contribution in [0.25, 0.3) is 11.1 Å². The third-order valence-electron chi connectivity index (χ3n) is 3.71. The van der Waals surface area contributed by atoms with E-state index in [0.29, 0.717) is 18.7 Å². The van der Waals surface area contributed by atoms with Gasteiger partial charge in [-0.1, -0.05) is 30.3 Å². The van der Waals surface area contributed by atoms with Crippen molar-refractivity contribution >= 4 is 5.91 Å². The molecule has 0 fully saturated rings. The van der Waals surface area contributed by atoms with E-state index in [1.807, 2.05) is 49.4 Å². The Morgan fingerprint density at radius 2 is 1.78 bits per heavy atom. The zero-order valence-electron chi connectivity index (χ0n) is 13.6. The molecule has 122 valence electrons. The van der Waals surface area contributed by atoms with Crippen LogP contribution in [0.4, 0.5) is 0 Å². The summed E-state index contributed by atoms with van der Waals surface area (Å²) < 4.78 is 0. The van der Waals surface area contributed by atoms with Gasteiger partial charge in [-0.2, -0.15) is 0 Å². The maximum Gasteiger partial charge on any atom is 0.253 e. The van der Waals surface area contributed by atoms with Gasteiger partial charge in [0.05, 0.1) is 12.7 Å². The molecule has 4 heteroatoms. The van der Waals surface area contributed by atoms with Gasteiger partial charge in [-0.25, -0.2) is 0 Å². The van der Waals surface area contributed by atoms with Crippen molar-refractivity contribution in [1.29, 1.82) is 0 Å². The summed E-state index contributed by atoms with van der Waals surface area (Å²) in [7, 11) is 0. The minimum Gasteiger partial charge on any atom is -0.392 e. The molecule has 0 aliphatic carbocycles. The minimum atomic E-state index is -0.552. The Morgan fingerprint density at radius 3 is 2.39 bits per heavy atom. The lowest BCUT2D eigenvalue weighted by Crippen LogP contribution is -2.36. The molecule has 0 radical (unpaired) electrons. The first-order chi connectivity index (χ1) is 11.0. The minimum absolute atomic E-state index is 0.00946. The quantitative estimate of drug-likeness (QED) is 0.862. The fourth-order valence-electron chi connectivity index (χ4n) is 2.54. The SMILES string of the molecule is CCN(CC(C)O)C(=O)c1cccc(-c2cccc(CO)c2)c1. The third kappa shape index (κ3) is 4.41. The molecular formula is C19H23NO3. The highest BCUT2D eigenvalue weighted by molar-refractivity contribution is 5.95. The number of aliphatic hydroxyl groups is 2. The van der Waals surface area contributed by atoms with E-state index in [1.54, 1.807) is 17.9 Å². The number of likely N-dealkylation sites (N-methyl/N-ethyl adjacent to an activating group) is 1. The second kappa shape index (κ2) is 7.90. The van der Waals surface area contributed by atoms with E-state index in [4.69, 9.17) is 0 Å². The van der Waals surface area contributed by atoms with Gasteiger partial charge in [-0.05, 0) is 48.7 Å². The second-order valence-corrected chi connectivity index (χ2v) is 5.63. The lowest BCUT2D eigenvalue weighted by molar-refractivity contribution is 0.0660. The van der Waals surface area contributed by atoms with Crippen molar-refractivity contribution in [2.45, 2.75) is 26.6 Å². The van der Waals surface area contributed by atoms with Crippen LogP contribution in [-0.2, 0) is 6.61 Å². The Kier molecular flexibility index (Phi) is 5.90. The van der Waals surface area contributed by atoms with Crippen molar-refractivity contribution in [2.75, 3.05) is 13.1 Å². The van der Waals surface area contributed by atoms with Crippen LogP contribution in [0.5, 0.6) is 0 Å². The molecule has 0 aliphatic rings. The zero-order chi connectivity index (χ0) is 16.8. The number of benzene rings is 2. The molecule has 1 atom stereocenters. The van der Waals surface area contributed by atoms with Crippen molar-refractivity contribution in [3.8, 4) is 11.1 Å². The number of hydrogen-bond acceptors (Lipinski definition) is 3. The van der Waals surface area contributed by atoms with E-state index in [0.717, 1.165) is 16.7 Å². The van der Waals surface area contributed by atoms with Gasteiger partial charge in [0.25, 0.3) is 5.91 Å². The summed E-state index contributed by atoms with van der Waals surface area (Å²) in [6.45, 7) is 4.43. The molecule has 0 spiro atoms. The van der Waals surface area contributed by atoms with E-state index in [-0.39, 0.29) is 12.5 Å². The summed E-state index contributed by atoms with van der Waals surface area (Å²) in [4.78, 5) is 14.2. The van der Waals surface area contributed by atoms with Gasteiger partial charge < -0.3 is 15.1 Å². The summed E-state index contributed by atoms with van der Waals surface area (Å²) in [5.41, 5.74) is 3.33. The maximum atomic E-state index is 12.6. The largest absolute Gasteiger partial charge is 0.392 e. The highest BCUT2D eigenvalue weighted by Crippen LogP contribution is 2.22. The Hall–Kier alpha value is -2.17. The highest BCUT2D eigenvalue weighted by Gasteiger charge is 2.16. The van der Waals surface area contributed by atoms with Gasteiger partial charge in [-0.15, -0.1) is 0 Å². The Bertz CT molecular complexity index is 667. The van der Waals surface area contributed by atoms with Gasteiger partial charge in [-0.3, -0.25) is 4.79 Å². The molecule has 2 aromatic carbocycles. The molecule has 0 saturated heterocycles. The van der Waals surface area contributed by atoms with Crippen LogP contribution in [0.2, 0.25) is 0 Å². The van der Waals surface area contributed by atoms with Crippen LogP contribution in [0.15, 0.2) is 48.5 Å². The van der Waals surface area contributed by atoms with Crippen LogP contribution in [-0.4, -0.2) is 40.2 Å². The fraction of sp³-hybridized carbons (Fsp3) is 0.316. The van der Waals surface area contributed by atoms with Gasteiger partial charge >= 0.3 is 0 Å². The molecular weight excluding hydrogens is 290 g/mol. The molecule has 2 rings (SSSR count). The molecule has 0 saturated carbocycles. The lowest BCUT2D eigenvalue weighted by atomic mass is 10.0. The summed E-state index contributed by atoms with van der Waals surface area (Å²) in [5, 5.41) is 18.8. The van der Waals surface area contributed by atoms with Crippen molar-refractivity contribution in [3.05, 3.63) is 59.7 Å². The average Bonchev–Trinajstić information content (AvgIpc) is 2.59. The van der Waals surface area contributed by atoms with E-state index in [9.17, 15) is 15.0 Å². The number of hydrogen-bond donors (Lipinski definition) is 2. The van der Waals surface area contributed by atoms with E-state index >= 15 is 0 Å². The molecule has 0 aromatic heterocycles. The number of nitrogens with zero attached hydrogens (tertiary/aromatic N) is 1. The Balaban J connectivity index is 2.30. The van der Waals surface area contributed by atoms with Crippen LogP contribution < -0.4 is 0 Å². The predicted molar refractivity (Wildman–Crippen MR) is 91.1 cm³/mol. The summed E-state index contributed by atoms with van der Waals surface area (Å²) in [5.74, 6) is -0.0893. The van der Waals surface area contributed by atoms with Crippen LogP contribution in [0.1, 0.15) is 29.8 Å². The first-order valence-corrected chi connectivity index (χ1v) is 7.82. The molecule has 0 heterocycles. The number of carbonyl (C=O) groups is 1. The number of amides is 1. The zero-order valence-corrected chi connectivity index (χ0v) is 13.6. The molecule has 1 unspecified atom stereocenters. The number of rotatable bonds is 6. The van der Waals surface area contributed by atoms with Gasteiger partial charge in [0.15, 0.2) is 0 Å². The Labute approximate surface area is 137 Å². The Morgan fingerprint density at radius 1 is 1.13 bits per heavy atom. The van der Waals surface area contributed by atoms with Crippen LogP contribution >= 0.6 is 0 Å². The van der Waals surface area contributed by atoms with Crippen molar-refractivity contribution in [2.24, 2.45) is 0 Å². The van der Waals surface area contributed by atoms with Crippen molar-refractivity contribution in [1.82, 2.24) is 4.90 Å². The number of aliphatic hydroxyl groups excluding tert-OH is 2. The predicted octanol–water partition coefficient (Wildman–Crippen LogP) is 2.69. The van der Waals surface area contributed by atoms with Crippen molar-refractivity contribution < 1.29 is 15.0 Å². The first-order valence-electron chi connectivity index (χ1n) is 7.82. The van der Waals surface area contributed by atoms with Crippen molar-refractivity contribution in [3.63, 3.8) is 0 Å². The molecule has 4 nitrogen and oxygen atoms in total. The molecule has 2 aromatic rings. The lowest BCUT2D eigenvalue weighted by Gasteiger charge is -2.22. The molecule has 0 bridgehead atoms. The maximum absolute atomic E-state index is 12.6. The van der Waals surface area contributed by atoms with Gasteiger partial charge in [0.2, 0.25) is 0 Å². The molecule has 0 aliphatic heterocycles. The van der Waals surface area contributed by atoms with Gasteiger partial charge in [0.1, 0.15) is 0 Å². The molecule has 1 amide bonds. The summed E-state index contributed by atoms with van der Waals surface area (Å²) >= 11 is 0.